The second-order valence-corrected chi connectivity index (χ2v) is 10.2. The van der Waals surface area contributed by atoms with Gasteiger partial charge in [-0.3, -0.25) is 9.59 Å². The first-order valence-electron chi connectivity index (χ1n) is 14.1. The zero-order valence-electron chi connectivity index (χ0n) is 23.8. The van der Waals surface area contributed by atoms with Crippen molar-refractivity contribution < 1.29 is 18.7 Å². The monoisotopic (exact) mass is 555 g/mol. The minimum Gasteiger partial charge on any atom is -0.497 e. The summed E-state index contributed by atoms with van der Waals surface area (Å²) in [5.41, 5.74) is 3.31. The predicted octanol–water partition coefficient (Wildman–Crippen LogP) is 6.55. The maximum Gasteiger partial charge on any atom is 0.254 e. The van der Waals surface area contributed by atoms with Crippen molar-refractivity contribution in [2.75, 3.05) is 20.2 Å². The van der Waals surface area contributed by atoms with Crippen LogP contribution in [0, 0.1) is 5.82 Å². The summed E-state index contributed by atoms with van der Waals surface area (Å²) in [6.07, 6.45) is 4.70. The van der Waals surface area contributed by atoms with E-state index in [-0.39, 0.29) is 23.9 Å². The predicted molar refractivity (Wildman–Crippen MR) is 159 cm³/mol. The van der Waals surface area contributed by atoms with Crippen LogP contribution in [0.25, 0.3) is 0 Å². The average Bonchev–Trinajstić information content (AvgIpc) is 3.42. The lowest BCUT2D eigenvalue weighted by Crippen LogP contribution is -2.43. The van der Waals surface area contributed by atoms with E-state index in [1.165, 1.54) is 18.2 Å². The van der Waals surface area contributed by atoms with Crippen molar-refractivity contribution in [1.82, 2.24) is 14.4 Å². The van der Waals surface area contributed by atoms with Crippen molar-refractivity contribution in [1.29, 1.82) is 0 Å². The Hall–Kier alpha value is -4.39. The van der Waals surface area contributed by atoms with Gasteiger partial charge in [0.05, 0.1) is 13.7 Å². The van der Waals surface area contributed by atoms with Crippen LogP contribution in [0.5, 0.6) is 5.75 Å². The van der Waals surface area contributed by atoms with Gasteiger partial charge in [0.15, 0.2) is 0 Å². The van der Waals surface area contributed by atoms with Gasteiger partial charge in [0.2, 0.25) is 5.91 Å². The lowest BCUT2D eigenvalue weighted by molar-refractivity contribution is -0.133. The smallest absolute Gasteiger partial charge is 0.254 e. The fraction of sp³-hybridized carbons (Fsp3) is 0.294. The maximum absolute atomic E-state index is 13.9. The number of rotatable bonds is 14. The normalized spacial score (nSPS) is 10.8. The molecule has 0 aliphatic carbocycles. The number of carbonyl (C=O) groups excluding carboxylic acids is 2. The van der Waals surface area contributed by atoms with E-state index >= 15 is 0 Å². The van der Waals surface area contributed by atoms with Crippen LogP contribution < -0.4 is 4.74 Å². The second-order valence-electron chi connectivity index (χ2n) is 10.2. The number of hydrogen-bond donors (Lipinski definition) is 0. The molecule has 4 rings (SSSR count). The minimum atomic E-state index is -0.474. The van der Waals surface area contributed by atoms with Gasteiger partial charge in [-0.25, -0.2) is 4.39 Å². The number of hydrogen-bond acceptors (Lipinski definition) is 3. The molecule has 0 bridgehead atoms. The number of ether oxygens (including phenoxy) is 1. The third kappa shape index (κ3) is 8.55. The van der Waals surface area contributed by atoms with Crippen molar-refractivity contribution in [3.63, 3.8) is 0 Å². The quantitative estimate of drug-likeness (QED) is 0.166. The topological polar surface area (TPSA) is 54.8 Å². The van der Waals surface area contributed by atoms with Crippen LogP contribution >= 0.6 is 0 Å². The number of nitrogens with zero attached hydrogens (tertiary/aromatic N) is 3. The Morgan fingerprint density at radius 1 is 0.829 bits per heavy atom. The first-order chi connectivity index (χ1) is 20.0. The Kier molecular flexibility index (Phi) is 10.7. The molecular weight excluding hydrogens is 517 g/mol. The van der Waals surface area contributed by atoms with E-state index in [1.807, 2.05) is 72.9 Å². The summed E-state index contributed by atoms with van der Waals surface area (Å²) in [5, 5.41) is 0. The molecular formula is C34H38FN3O3. The van der Waals surface area contributed by atoms with Gasteiger partial charge < -0.3 is 19.1 Å². The molecule has 6 nitrogen and oxygen atoms in total. The van der Waals surface area contributed by atoms with Gasteiger partial charge in [-0.05, 0) is 60.0 Å². The van der Waals surface area contributed by atoms with Crippen LogP contribution in [-0.4, -0.2) is 46.4 Å². The molecule has 2 amide bonds. The number of carbonyl (C=O) groups is 2. The van der Waals surface area contributed by atoms with E-state index in [0.717, 1.165) is 41.8 Å². The number of benzene rings is 3. The van der Waals surface area contributed by atoms with Gasteiger partial charge in [-0.15, -0.1) is 0 Å². The molecule has 0 saturated heterocycles. The van der Waals surface area contributed by atoms with Gasteiger partial charge in [-0.1, -0.05) is 68.3 Å². The average molecular weight is 556 g/mol. The Bertz CT molecular complexity index is 1420. The van der Waals surface area contributed by atoms with Crippen molar-refractivity contribution in [2.24, 2.45) is 0 Å². The van der Waals surface area contributed by atoms with E-state index in [1.54, 1.807) is 23.0 Å². The molecule has 214 valence electrons. The van der Waals surface area contributed by atoms with Crippen molar-refractivity contribution in [3.05, 3.63) is 125 Å². The molecule has 0 aliphatic rings. The summed E-state index contributed by atoms with van der Waals surface area (Å²) in [6, 6.07) is 27.4. The molecule has 0 atom stereocenters. The molecule has 7 heteroatoms. The highest BCUT2D eigenvalue weighted by Gasteiger charge is 2.23. The molecule has 0 N–H and O–H groups in total. The van der Waals surface area contributed by atoms with E-state index < -0.39 is 5.82 Å². The molecule has 0 spiro atoms. The van der Waals surface area contributed by atoms with Crippen LogP contribution in [0.1, 0.15) is 53.4 Å². The number of halogens is 1. The van der Waals surface area contributed by atoms with Crippen molar-refractivity contribution in [3.8, 4) is 5.75 Å². The zero-order chi connectivity index (χ0) is 29.0. The zero-order valence-corrected chi connectivity index (χ0v) is 23.8. The van der Waals surface area contributed by atoms with E-state index in [4.69, 9.17) is 4.74 Å². The number of unbranched alkanes of at least 4 members (excludes halogenated alkanes) is 2. The first kappa shape index (κ1) is 29.6. The van der Waals surface area contributed by atoms with Crippen molar-refractivity contribution >= 4 is 11.8 Å². The standard InChI is InChI=1S/C34H38FN3O3/c1-3-4-8-19-37(34(40)29-15-10-16-30(35)22-29)26-33(39)38(23-27-12-6-5-7-13-27)25-31-17-11-20-36(31)24-28-14-9-18-32(21-28)41-2/h5-7,9-18,20-22H,3-4,8,19,23-26H2,1-2H3. The van der Waals surface area contributed by atoms with Gasteiger partial charge in [0.1, 0.15) is 18.1 Å². The van der Waals surface area contributed by atoms with E-state index in [9.17, 15) is 14.0 Å². The van der Waals surface area contributed by atoms with E-state index in [0.29, 0.717) is 26.2 Å². The molecule has 4 aromatic rings. The fourth-order valence-electron chi connectivity index (χ4n) is 4.82. The largest absolute Gasteiger partial charge is 0.497 e. The Labute approximate surface area is 242 Å². The van der Waals surface area contributed by atoms with Gasteiger partial charge >= 0.3 is 0 Å². The molecule has 0 fully saturated rings. The summed E-state index contributed by atoms with van der Waals surface area (Å²) in [6.45, 7) is 3.85. The summed E-state index contributed by atoms with van der Waals surface area (Å²) in [5.74, 6) is -0.180. The third-order valence-electron chi connectivity index (χ3n) is 7.05. The summed E-state index contributed by atoms with van der Waals surface area (Å²) in [4.78, 5) is 30.7. The highest BCUT2D eigenvalue weighted by atomic mass is 19.1. The van der Waals surface area contributed by atoms with Crippen LogP contribution in [0.4, 0.5) is 4.39 Å². The number of amides is 2. The maximum atomic E-state index is 13.9. The van der Waals surface area contributed by atoms with Crippen LogP contribution in [0.15, 0.2) is 97.2 Å². The lowest BCUT2D eigenvalue weighted by Gasteiger charge is -2.28. The Morgan fingerprint density at radius 3 is 2.37 bits per heavy atom. The first-order valence-corrected chi connectivity index (χ1v) is 14.1. The van der Waals surface area contributed by atoms with Crippen LogP contribution in [-0.2, 0) is 24.4 Å². The van der Waals surface area contributed by atoms with E-state index in [2.05, 4.69) is 11.5 Å². The minimum absolute atomic E-state index is 0.0809. The Morgan fingerprint density at radius 2 is 1.61 bits per heavy atom. The molecule has 41 heavy (non-hydrogen) atoms. The SMILES string of the molecule is CCCCCN(CC(=O)N(Cc1ccccc1)Cc1cccn1Cc1cccc(OC)c1)C(=O)c1cccc(F)c1. The van der Waals surface area contributed by atoms with Gasteiger partial charge in [-0.2, -0.15) is 0 Å². The highest BCUT2D eigenvalue weighted by Crippen LogP contribution is 2.18. The van der Waals surface area contributed by atoms with Gasteiger partial charge in [0, 0.05) is 37.1 Å². The van der Waals surface area contributed by atoms with Gasteiger partial charge in [0.25, 0.3) is 5.91 Å². The molecule has 1 heterocycles. The molecule has 1 aromatic heterocycles. The lowest BCUT2D eigenvalue weighted by atomic mass is 10.1. The summed E-state index contributed by atoms with van der Waals surface area (Å²) >= 11 is 0. The molecule has 0 saturated carbocycles. The van der Waals surface area contributed by atoms with Crippen molar-refractivity contribution in [2.45, 2.75) is 45.8 Å². The summed E-state index contributed by atoms with van der Waals surface area (Å²) < 4.78 is 21.4. The molecule has 0 radical (unpaired) electrons. The number of aromatic nitrogens is 1. The molecule has 0 aliphatic heterocycles. The second kappa shape index (κ2) is 14.8. The summed E-state index contributed by atoms with van der Waals surface area (Å²) in [7, 11) is 1.65. The highest BCUT2D eigenvalue weighted by molar-refractivity contribution is 5.96. The van der Waals surface area contributed by atoms with Crippen LogP contribution in [0.2, 0.25) is 0 Å². The molecule has 3 aromatic carbocycles. The van der Waals surface area contributed by atoms with Crippen LogP contribution in [0.3, 0.4) is 0 Å². The third-order valence-corrected chi connectivity index (χ3v) is 7.05. The Balaban J connectivity index is 1.57. The fourth-order valence-corrected chi connectivity index (χ4v) is 4.82. The molecule has 0 unspecified atom stereocenters. The number of methoxy groups -OCH3 is 1.